The van der Waals surface area contributed by atoms with E-state index in [9.17, 15) is 17.6 Å². The number of fused-ring (bicyclic) bond motifs is 2. The number of piperidine rings is 1. The Kier molecular flexibility index (Phi) is 5.26. The largest absolute Gasteiger partial charge is 0.479 e. The van der Waals surface area contributed by atoms with Crippen LogP contribution in [0.3, 0.4) is 0 Å². The van der Waals surface area contributed by atoms with Crippen molar-refractivity contribution in [2.75, 3.05) is 32.6 Å². The molecule has 9 nitrogen and oxygen atoms in total. The van der Waals surface area contributed by atoms with Gasteiger partial charge in [0.25, 0.3) is 12.3 Å². The summed E-state index contributed by atoms with van der Waals surface area (Å²) in [5, 5.41) is 6.77. The SMILES string of the molecule is COc1nc(N[C@@H]2CCN(C)CC2(F)F)nn2cc(F)c(-c3cnc4ncc(C(F)F)n4c3)c12. The first-order chi connectivity index (χ1) is 16.2. The van der Waals surface area contributed by atoms with Crippen molar-refractivity contribution < 1.29 is 26.7 Å². The normalized spacial score (nSPS) is 18.8. The zero-order valence-electron chi connectivity index (χ0n) is 18.0. The fraction of sp³-hybridized carbons (Fsp3) is 0.400. The maximum atomic E-state index is 15.1. The number of nitrogens with zero attached hydrogens (tertiary/aromatic N) is 7. The smallest absolute Gasteiger partial charge is 0.280 e. The van der Waals surface area contributed by atoms with Crippen molar-refractivity contribution >= 4 is 17.2 Å². The van der Waals surface area contributed by atoms with Crippen molar-refractivity contribution in [2.24, 2.45) is 0 Å². The number of aromatic nitrogens is 6. The van der Waals surface area contributed by atoms with E-state index in [0.717, 1.165) is 21.3 Å². The van der Waals surface area contributed by atoms with Crippen LogP contribution in [0.2, 0.25) is 0 Å². The Morgan fingerprint density at radius 3 is 2.68 bits per heavy atom. The lowest BCUT2D eigenvalue weighted by atomic mass is 10.0. The monoisotopic (exact) mass is 482 g/mol. The number of methoxy groups -OCH3 is 1. The van der Waals surface area contributed by atoms with Crippen molar-refractivity contribution in [1.82, 2.24) is 33.9 Å². The van der Waals surface area contributed by atoms with Gasteiger partial charge in [-0.3, -0.25) is 4.40 Å². The van der Waals surface area contributed by atoms with Gasteiger partial charge in [0.2, 0.25) is 17.6 Å². The summed E-state index contributed by atoms with van der Waals surface area (Å²) in [5.41, 5.74) is -0.212. The fourth-order valence-electron chi connectivity index (χ4n) is 4.12. The number of ether oxygens (including phenoxy) is 1. The summed E-state index contributed by atoms with van der Waals surface area (Å²) < 4.78 is 78.0. The summed E-state index contributed by atoms with van der Waals surface area (Å²) in [7, 11) is 2.90. The predicted molar refractivity (Wildman–Crippen MR) is 111 cm³/mol. The molecular formula is C20H19F5N8O. The minimum atomic E-state index is -3.03. The third kappa shape index (κ3) is 3.67. The molecule has 0 radical (unpaired) electrons. The van der Waals surface area contributed by atoms with Crippen molar-refractivity contribution in [3.63, 3.8) is 0 Å². The lowest BCUT2D eigenvalue weighted by Crippen LogP contribution is -2.53. The van der Waals surface area contributed by atoms with Crippen molar-refractivity contribution in [2.45, 2.75) is 24.8 Å². The highest BCUT2D eigenvalue weighted by atomic mass is 19.3. The first-order valence-electron chi connectivity index (χ1n) is 10.2. The minimum absolute atomic E-state index is 0.0247. The quantitative estimate of drug-likeness (QED) is 0.437. The Morgan fingerprint density at radius 2 is 1.97 bits per heavy atom. The molecule has 1 aliphatic rings. The first-order valence-corrected chi connectivity index (χ1v) is 10.2. The van der Waals surface area contributed by atoms with Crippen LogP contribution in [0.4, 0.5) is 27.9 Å². The number of likely N-dealkylation sites (tertiary alicyclic amines) is 1. The Labute approximate surface area is 189 Å². The molecule has 0 aromatic carbocycles. The first kappa shape index (κ1) is 22.3. The van der Waals surface area contributed by atoms with Gasteiger partial charge >= 0.3 is 0 Å². The molecule has 0 saturated carbocycles. The number of nitrogens with one attached hydrogen (secondary N) is 1. The highest BCUT2D eigenvalue weighted by molar-refractivity contribution is 5.84. The van der Waals surface area contributed by atoms with Crippen LogP contribution in [0.25, 0.3) is 22.4 Å². The molecule has 5 heterocycles. The molecule has 1 fully saturated rings. The number of anilines is 1. The zero-order valence-corrected chi connectivity index (χ0v) is 18.0. The summed E-state index contributed by atoms with van der Waals surface area (Å²) >= 11 is 0. The Morgan fingerprint density at radius 1 is 1.21 bits per heavy atom. The predicted octanol–water partition coefficient (Wildman–Crippen LogP) is 3.28. The van der Waals surface area contributed by atoms with Crippen molar-refractivity contribution in [3.8, 4) is 17.0 Å². The maximum Gasteiger partial charge on any atom is 0.280 e. The average molecular weight is 482 g/mol. The van der Waals surface area contributed by atoms with Crippen LogP contribution in [0, 0.1) is 5.82 Å². The van der Waals surface area contributed by atoms with Crippen LogP contribution >= 0.6 is 0 Å². The van der Waals surface area contributed by atoms with Gasteiger partial charge in [0, 0.05) is 24.5 Å². The molecule has 1 N–H and O–H groups in total. The van der Waals surface area contributed by atoms with Gasteiger partial charge in [-0.1, -0.05) is 0 Å². The van der Waals surface area contributed by atoms with Crippen LogP contribution in [0.1, 0.15) is 18.5 Å². The van der Waals surface area contributed by atoms with E-state index < -0.39 is 36.4 Å². The Hall–Kier alpha value is -3.55. The number of rotatable bonds is 5. The number of alkyl halides is 4. The van der Waals surface area contributed by atoms with Gasteiger partial charge in [0.15, 0.2) is 5.82 Å². The molecule has 1 saturated heterocycles. The second kappa shape index (κ2) is 8.04. The molecule has 14 heteroatoms. The second-order valence-electron chi connectivity index (χ2n) is 8.07. The van der Waals surface area contributed by atoms with Crippen LogP contribution in [-0.2, 0) is 0 Å². The number of hydrogen-bond acceptors (Lipinski definition) is 7. The van der Waals surface area contributed by atoms with E-state index in [2.05, 4.69) is 25.4 Å². The molecule has 5 rings (SSSR count). The lowest BCUT2D eigenvalue weighted by Gasteiger charge is -2.36. The van der Waals surface area contributed by atoms with Crippen molar-refractivity contribution in [1.29, 1.82) is 0 Å². The molecule has 1 atom stereocenters. The van der Waals surface area contributed by atoms with Gasteiger partial charge in [-0.15, -0.1) is 5.10 Å². The molecule has 180 valence electrons. The van der Waals surface area contributed by atoms with Gasteiger partial charge in [-0.2, -0.15) is 4.98 Å². The van der Waals surface area contributed by atoms with E-state index in [-0.39, 0.29) is 40.7 Å². The molecule has 0 bridgehead atoms. The third-order valence-corrected chi connectivity index (χ3v) is 5.75. The summed E-state index contributed by atoms with van der Waals surface area (Å²) in [4.78, 5) is 13.5. The number of halogens is 5. The summed E-state index contributed by atoms with van der Waals surface area (Å²) in [5.74, 6) is -4.01. The average Bonchev–Trinajstić information content (AvgIpc) is 3.34. The molecule has 4 aromatic heterocycles. The van der Waals surface area contributed by atoms with E-state index >= 15 is 4.39 Å². The molecule has 0 amide bonds. The molecule has 0 unspecified atom stereocenters. The topological polar surface area (TPSA) is 84.9 Å². The molecule has 1 aliphatic heterocycles. The summed E-state index contributed by atoms with van der Waals surface area (Å²) in [6.45, 7) is 0.0376. The van der Waals surface area contributed by atoms with Crippen LogP contribution in [0.15, 0.2) is 24.8 Å². The van der Waals surface area contributed by atoms with E-state index in [4.69, 9.17) is 4.74 Å². The highest BCUT2D eigenvalue weighted by Crippen LogP contribution is 2.35. The van der Waals surface area contributed by atoms with Gasteiger partial charge < -0.3 is 15.0 Å². The van der Waals surface area contributed by atoms with Gasteiger partial charge in [0.05, 0.1) is 37.7 Å². The minimum Gasteiger partial charge on any atom is -0.479 e. The number of hydrogen-bond donors (Lipinski definition) is 1. The Balaban J connectivity index is 1.58. The molecule has 4 aromatic rings. The van der Waals surface area contributed by atoms with E-state index in [1.54, 1.807) is 7.05 Å². The van der Waals surface area contributed by atoms with E-state index in [0.29, 0.717) is 6.54 Å². The third-order valence-electron chi connectivity index (χ3n) is 5.75. The zero-order chi connectivity index (χ0) is 24.2. The molecule has 0 aliphatic carbocycles. The lowest BCUT2D eigenvalue weighted by molar-refractivity contribution is -0.0675. The van der Waals surface area contributed by atoms with Gasteiger partial charge in [-0.25, -0.2) is 36.4 Å². The van der Waals surface area contributed by atoms with Crippen LogP contribution in [-0.4, -0.2) is 73.1 Å². The summed E-state index contributed by atoms with van der Waals surface area (Å²) in [6, 6.07) is -1.22. The maximum absolute atomic E-state index is 15.1. The molecule has 0 spiro atoms. The molecular weight excluding hydrogens is 463 g/mol. The van der Waals surface area contributed by atoms with E-state index in [1.165, 1.54) is 24.4 Å². The second-order valence-corrected chi connectivity index (χ2v) is 8.07. The van der Waals surface area contributed by atoms with Gasteiger partial charge in [0.1, 0.15) is 11.2 Å². The van der Waals surface area contributed by atoms with E-state index in [1.807, 2.05) is 0 Å². The van der Waals surface area contributed by atoms with Crippen molar-refractivity contribution in [3.05, 3.63) is 36.3 Å². The number of imidazole rings is 1. The standard InChI is InChI=1S/C20H19F5N8O/c1-31-4-3-13(20(24,25)9-31)28-18-29-17(34-2)15-14(11(21)8-33(15)30-18)10-5-26-19-27-6-12(16(22)23)32(19)7-10/h5-8,13,16H,3-4,9H2,1-2H3,(H,28,30)/t13-/m1/s1. The van der Waals surface area contributed by atoms with Crippen LogP contribution in [0.5, 0.6) is 5.88 Å². The highest BCUT2D eigenvalue weighted by Gasteiger charge is 2.44. The Bertz CT molecular complexity index is 1370. The van der Waals surface area contributed by atoms with Crippen LogP contribution < -0.4 is 10.1 Å². The molecule has 34 heavy (non-hydrogen) atoms. The van der Waals surface area contributed by atoms with Gasteiger partial charge in [-0.05, 0) is 13.5 Å². The summed E-state index contributed by atoms with van der Waals surface area (Å²) in [6.07, 6.45) is 1.92. The fourth-order valence-corrected chi connectivity index (χ4v) is 4.12.